The highest BCUT2D eigenvalue weighted by molar-refractivity contribution is 6.07. The van der Waals surface area contributed by atoms with Crippen molar-refractivity contribution >= 4 is 22.7 Å². The average Bonchev–Trinajstić information content (AvgIpc) is 3.09. The van der Waals surface area contributed by atoms with Gasteiger partial charge >= 0.3 is 0 Å². The van der Waals surface area contributed by atoms with Gasteiger partial charge in [0.25, 0.3) is 5.91 Å². The minimum Gasteiger partial charge on any atom is -0.381 e. The van der Waals surface area contributed by atoms with Crippen LogP contribution in [-0.2, 0) is 11.3 Å². The second-order valence-corrected chi connectivity index (χ2v) is 7.23. The average molecular weight is 395 g/mol. The van der Waals surface area contributed by atoms with Gasteiger partial charge in [0.1, 0.15) is 5.82 Å². The third kappa shape index (κ3) is 4.00. The zero-order valence-electron chi connectivity index (χ0n) is 15.9. The van der Waals surface area contributed by atoms with Gasteiger partial charge in [0, 0.05) is 42.9 Å². The second kappa shape index (κ2) is 8.05. The summed E-state index contributed by atoms with van der Waals surface area (Å²) in [6, 6.07) is 11.7. The number of nitrogens with two attached hydrogens (primary N) is 1. The number of rotatable bonds is 5. The van der Waals surface area contributed by atoms with E-state index in [9.17, 15) is 14.0 Å². The van der Waals surface area contributed by atoms with Crippen LogP contribution in [0.15, 0.2) is 48.7 Å². The number of halogens is 1. The Kier molecular flexibility index (Phi) is 5.31. The van der Waals surface area contributed by atoms with Gasteiger partial charge in [0.05, 0.1) is 11.1 Å². The summed E-state index contributed by atoms with van der Waals surface area (Å²) in [5.41, 5.74) is 7.58. The van der Waals surface area contributed by atoms with Crippen LogP contribution >= 0.6 is 0 Å². The molecule has 1 aliphatic rings. The molecule has 0 aliphatic carbocycles. The molecule has 0 spiro atoms. The van der Waals surface area contributed by atoms with E-state index in [4.69, 9.17) is 10.5 Å². The number of ether oxygens (including phenoxy) is 1. The molecule has 3 aromatic rings. The topological polar surface area (TPSA) is 86.4 Å². The number of benzene rings is 2. The molecule has 2 amide bonds. The highest BCUT2D eigenvalue weighted by Crippen LogP contribution is 2.26. The van der Waals surface area contributed by atoms with Crippen molar-refractivity contribution < 1.29 is 18.7 Å². The molecule has 0 radical (unpaired) electrons. The van der Waals surface area contributed by atoms with Crippen LogP contribution in [0.1, 0.15) is 39.1 Å². The first-order valence-corrected chi connectivity index (χ1v) is 9.57. The number of hydrogen-bond donors (Lipinski definition) is 2. The summed E-state index contributed by atoms with van der Waals surface area (Å²) >= 11 is 0. The number of hydrogen-bond acceptors (Lipinski definition) is 3. The summed E-state index contributed by atoms with van der Waals surface area (Å²) in [6.07, 6.45) is 3.18. The molecule has 150 valence electrons. The molecular weight excluding hydrogens is 373 g/mol. The van der Waals surface area contributed by atoms with Crippen molar-refractivity contribution in [2.24, 2.45) is 5.73 Å². The van der Waals surface area contributed by atoms with Crippen molar-refractivity contribution in [1.29, 1.82) is 0 Å². The minimum absolute atomic E-state index is 0.0303. The van der Waals surface area contributed by atoms with Crippen molar-refractivity contribution in [3.05, 3.63) is 71.2 Å². The fraction of sp³-hybridized carbons (Fsp3) is 0.273. The van der Waals surface area contributed by atoms with Gasteiger partial charge in [-0.1, -0.05) is 18.2 Å². The summed E-state index contributed by atoms with van der Waals surface area (Å²) < 4.78 is 21.8. The van der Waals surface area contributed by atoms with Gasteiger partial charge in [-0.15, -0.1) is 0 Å². The van der Waals surface area contributed by atoms with Gasteiger partial charge in [-0.05, 0) is 42.7 Å². The van der Waals surface area contributed by atoms with E-state index in [-0.39, 0.29) is 11.9 Å². The van der Waals surface area contributed by atoms with Crippen LogP contribution in [0.5, 0.6) is 0 Å². The third-order valence-electron chi connectivity index (χ3n) is 5.25. The molecule has 7 heteroatoms. The molecule has 1 aromatic heterocycles. The molecule has 1 fully saturated rings. The van der Waals surface area contributed by atoms with Crippen LogP contribution in [-0.4, -0.2) is 35.6 Å². The van der Waals surface area contributed by atoms with E-state index >= 15 is 0 Å². The van der Waals surface area contributed by atoms with Crippen LogP contribution in [0.3, 0.4) is 0 Å². The zero-order valence-corrected chi connectivity index (χ0v) is 15.9. The molecule has 6 nitrogen and oxygen atoms in total. The first kappa shape index (κ1) is 19.1. The molecule has 2 heterocycles. The van der Waals surface area contributed by atoms with Gasteiger partial charge < -0.3 is 20.4 Å². The molecule has 0 bridgehead atoms. The van der Waals surface area contributed by atoms with E-state index in [2.05, 4.69) is 5.32 Å². The summed E-state index contributed by atoms with van der Waals surface area (Å²) in [6.45, 7) is 1.66. The lowest BCUT2D eigenvalue weighted by Gasteiger charge is -2.22. The number of primary amides is 1. The lowest BCUT2D eigenvalue weighted by molar-refractivity contribution is 0.0697. The second-order valence-electron chi connectivity index (χ2n) is 7.23. The van der Waals surface area contributed by atoms with Crippen molar-refractivity contribution in [2.45, 2.75) is 25.4 Å². The molecule has 0 atom stereocenters. The van der Waals surface area contributed by atoms with E-state index in [1.807, 2.05) is 4.57 Å². The van der Waals surface area contributed by atoms with Gasteiger partial charge in [-0.2, -0.15) is 0 Å². The SMILES string of the molecule is NC(=O)c1ccc(Cn2cc(C(=O)NC3CCOCC3)c3c(F)cccc32)cc1. The quantitative estimate of drug-likeness (QED) is 0.697. The van der Waals surface area contributed by atoms with Crippen LogP contribution < -0.4 is 11.1 Å². The highest BCUT2D eigenvalue weighted by atomic mass is 19.1. The van der Waals surface area contributed by atoms with E-state index in [1.54, 1.807) is 42.6 Å². The van der Waals surface area contributed by atoms with Crippen LogP contribution in [0.4, 0.5) is 4.39 Å². The normalized spacial score (nSPS) is 14.8. The molecule has 4 rings (SSSR count). The van der Waals surface area contributed by atoms with Gasteiger partial charge in [-0.25, -0.2) is 4.39 Å². The molecule has 1 aliphatic heterocycles. The van der Waals surface area contributed by atoms with Crippen LogP contribution in [0, 0.1) is 5.82 Å². The maximum absolute atomic E-state index is 14.6. The maximum Gasteiger partial charge on any atom is 0.253 e. The number of carbonyl (C=O) groups excluding carboxylic acids is 2. The Morgan fingerprint density at radius 2 is 1.86 bits per heavy atom. The standard InChI is InChI=1S/C22H22FN3O3/c23-18-2-1-3-19-20(18)17(22(28)25-16-8-10-29-11-9-16)13-26(19)12-14-4-6-15(7-5-14)21(24)27/h1-7,13,16H,8-12H2,(H2,24,27)(H,25,28). The van der Waals surface area contributed by atoms with Crippen molar-refractivity contribution in [3.63, 3.8) is 0 Å². The van der Waals surface area contributed by atoms with Crippen molar-refractivity contribution in [1.82, 2.24) is 9.88 Å². The molecule has 3 N–H and O–H groups in total. The zero-order chi connectivity index (χ0) is 20.4. The Morgan fingerprint density at radius 3 is 2.55 bits per heavy atom. The smallest absolute Gasteiger partial charge is 0.253 e. The lowest BCUT2D eigenvalue weighted by Crippen LogP contribution is -2.38. The Balaban J connectivity index is 1.65. The molecular formula is C22H22FN3O3. The van der Waals surface area contributed by atoms with E-state index in [0.29, 0.717) is 41.8 Å². The molecule has 2 aromatic carbocycles. The van der Waals surface area contributed by atoms with Crippen LogP contribution in [0.25, 0.3) is 10.9 Å². The molecule has 0 unspecified atom stereocenters. The Hall–Kier alpha value is -3.19. The predicted molar refractivity (Wildman–Crippen MR) is 107 cm³/mol. The Morgan fingerprint density at radius 1 is 1.14 bits per heavy atom. The van der Waals surface area contributed by atoms with Crippen molar-refractivity contribution in [3.8, 4) is 0 Å². The molecule has 0 saturated carbocycles. The van der Waals surface area contributed by atoms with Crippen LogP contribution in [0.2, 0.25) is 0 Å². The van der Waals surface area contributed by atoms with E-state index in [0.717, 1.165) is 18.4 Å². The van der Waals surface area contributed by atoms with E-state index in [1.165, 1.54) is 6.07 Å². The summed E-state index contributed by atoms with van der Waals surface area (Å²) in [5, 5.41) is 3.31. The monoisotopic (exact) mass is 395 g/mol. The highest BCUT2D eigenvalue weighted by Gasteiger charge is 2.22. The Bertz CT molecular complexity index is 1050. The molecule has 29 heavy (non-hydrogen) atoms. The van der Waals surface area contributed by atoms with Gasteiger partial charge in [0.2, 0.25) is 5.91 Å². The third-order valence-corrected chi connectivity index (χ3v) is 5.25. The molecule has 1 saturated heterocycles. The number of nitrogens with zero attached hydrogens (tertiary/aromatic N) is 1. The summed E-state index contributed by atoms with van der Waals surface area (Å²) in [7, 11) is 0. The number of carbonyl (C=O) groups is 2. The summed E-state index contributed by atoms with van der Waals surface area (Å²) in [5.74, 6) is -1.20. The largest absolute Gasteiger partial charge is 0.381 e. The lowest BCUT2D eigenvalue weighted by atomic mass is 10.1. The maximum atomic E-state index is 14.6. The number of fused-ring (bicyclic) bond motifs is 1. The van der Waals surface area contributed by atoms with E-state index < -0.39 is 11.7 Å². The first-order chi connectivity index (χ1) is 14.0. The number of amides is 2. The fourth-order valence-corrected chi connectivity index (χ4v) is 3.69. The number of aromatic nitrogens is 1. The Labute approximate surface area is 167 Å². The summed E-state index contributed by atoms with van der Waals surface area (Å²) in [4.78, 5) is 24.1. The first-order valence-electron chi connectivity index (χ1n) is 9.57. The minimum atomic E-state index is -0.489. The van der Waals surface area contributed by atoms with Gasteiger partial charge in [0.15, 0.2) is 0 Å². The number of nitrogens with one attached hydrogen (secondary N) is 1. The predicted octanol–water partition coefficient (Wildman–Crippen LogP) is 2.84. The van der Waals surface area contributed by atoms with Crippen molar-refractivity contribution in [2.75, 3.05) is 13.2 Å². The fourth-order valence-electron chi connectivity index (χ4n) is 3.69. The van der Waals surface area contributed by atoms with Gasteiger partial charge in [-0.3, -0.25) is 9.59 Å².